The molecule has 1 aromatic rings. The van der Waals surface area contributed by atoms with Crippen molar-refractivity contribution in [2.75, 3.05) is 36.9 Å². The van der Waals surface area contributed by atoms with E-state index in [9.17, 15) is 5.11 Å². The Bertz CT molecular complexity index is 322. The fraction of sp³-hybridized carbons (Fsp3) is 0.500. The highest BCUT2D eigenvalue weighted by atomic mass is 32.2. The SMILES string of the molecule is Nc1ccc(C(O)CN2CCSCC2)cc1. The summed E-state index contributed by atoms with van der Waals surface area (Å²) in [5.74, 6) is 2.35. The second-order valence-corrected chi connectivity index (χ2v) is 5.32. The van der Waals surface area contributed by atoms with Crippen LogP contribution in [0.25, 0.3) is 0 Å². The maximum atomic E-state index is 10.1. The third kappa shape index (κ3) is 3.14. The number of thioether (sulfide) groups is 1. The molecule has 88 valence electrons. The highest BCUT2D eigenvalue weighted by Crippen LogP contribution is 2.18. The minimum atomic E-state index is -0.399. The highest BCUT2D eigenvalue weighted by molar-refractivity contribution is 7.99. The number of hydrogen-bond donors (Lipinski definition) is 2. The Morgan fingerprint density at radius 3 is 2.50 bits per heavy atom. The predicted molar refractivity (Wildman–Crippen MR) is 69.6 cm³/mol. The molecule has 0 spiro atoms. The molecule has 0 bridgehead atoms. The van der Waals surface area contributed by atoms with Gasteiger partial charge in [0.15, 0.2) is 0 Å². The lowest BCUT2D eigenvalue weighted by Crippen LogP contribution is -2.35. The zero-order chi connectivity index (χ0) is 11.4. The molecule has 4 heteroatoms. The van der Waals surface area contributed by atoms with Crippen molar-refractivity contribution in [2.24, 2.45) is 0 Å². The van der Waals surface area contributed by atoms with E-state index in [1.54, 1.807) is 0 Å². The van der Waals surface area contributed by atoms with E-state index in [0.29, 0.717) is 0 Å². The van der Waals surface area contributed by atoms with Crippen LogP contribution in [-0.2, 0) is 0 Å². The summed E-state index contributed by atoms with van der Waals surface area (Å²) in [6.07, 6.45) is -0.399. The van der Waals surface area contributed by atoms with Gasteiger partial charge in [0, 0.05) is 36.8 Å². The monoisotopic (exact) mass is 238 g/mol. The molecule has 2 rings (SSSR count). The Balaban J connectivity index is 1.91. The summed E-state index contributed by atoms with van der Waals surface area (Å²) in [7, 11) is 0. The van der Waals surface area contributed by atoms with Gasteiger partial charge in [-0.05, 0) is 17.7 Å². The maximum absolute atomic E-state index is 10.1. The second kappa shape index (κ2) is 5.57. The Morgan fingerprint density at radius 1 is 1.25 bits per heavy atom. The zero-order valence-corrected chi connectivity index (χ0v) is 10.1. The Kier molecular flexibility index (Phi) is 4.09. The van der Waals surface area contributed by atoms with Crippen LogP contribution in [0, 0.1) is 0 Å². The van der Waals surface area contributed by atoms with Crippen LogP contribution in [0.3, 0.4) is 0 Å². The Morgan fingerprint density at radius 2 is 1.88 bits per heavy atom. The maximum Gasteiger partial charge on any atom is 0.0916 e. The summed E-state index contributed by atoms with van der Waals surface area (Å²) in [5, 5.41) is 10.1. The van der Waals surface area contributed by atoms with Crippen molar-refractivity contribution < 1.29 is 5.11 Å². The number of benzene rings is 1. The van der Waals surface area contributed by atoms with E-state index in [-0.39, 0.29) is 0 Å². The Hall–Kier alpha value is -0.710. The molecule has 3 N–H and O–H groups in total. The molecular formula is C12H18N2OS. The van der Waals surface area contributed by atoms with Crippen LogP contribution in [0.15, 0.2) is 24.3 Å². The van der Waals surface area contributed by atoms with Gasteiger partial charge in [-0.1, -0.05) is 12.1 Å². The lowest BCUT2D eigenvalue weighted by molar-refractivity contribution is 0.119. The molecule has 0 amide bonds. The van der Waals surface area contributed by atoms with E-state index >= 15 is 0 Å². The first-order chi connectivity index (χ1) is 7.75. The molecule has 16 heavy (non-hydrogen) atoms. The molecule has 1 aliphatic heterocycles. The molecule has 1 heterocycles. The molecule has 1 unspecified atom stereocenters. The average molecular weight is 238 g/mol. The van der Waals surface area contributed by atoms with Crippen molar-refractivity contribution in [3.05, 3.63) is 29.8 Å². The normalized spacial score (nSPS) is 19.6. The quantitative estimate of drug-likeness (QED) is 0.781. The summed E-state index contributed by atoms with van der Waals surface area (Å²) in [5.41, 5.74) is 7.31. The third-order valence-electron chi connectivity index (χ3n) is 2.86. The number of nitrogen functional groups attached to an aromatic ring is 1. The number of nitrogens with zero attached hydrogens (tertiary/aromatic N) is 1. The first-order valence-electron chi connectivity index (χ1n) is 5.59. The number of β-amino-alcohol motifs (C(OH)–C–C–N with tert-alkyl or cyclic N) is 1. The number of rotatable bonds is 3. The van der Waals surface area contributed by atoms with Crippen LogP contribution in [0.5, 0.6) is 0 Å². The van der Waals surface area contributed by atoms with Gasteiger partial charge in [0.1, 0.15) is 0 Å². The summed E-state index contributed by atoms with van der Waals surface area (Å²) in [4.78, 5) is 2.32. The Labute approximate surface area is 101 Å². The highest BCUT2D eigenvalue weighted by Gasteiger charge is 2.15. The minimum absolute atomic E-state index is 0.399. The van der Waals surface area contributed by atoms with Crippen molar-refractivity contribution in [3.8, 4) is 0 Å². The van der Waals surface area contributed by atoms with Gasteiger partial charge in [-0.3, -0.25) is 4.90 Å². The topological polar surface area (TPSA) is 49.5 Å². The zero-order valence-electron chi connectivity index (χ0n) is 9.30. The van der Waals surface area contributed by atoms with Gasteiger partial charge in [-0.25, -0.2) is 0 Å². The van der Waals surface area contributed by atoms with Crippen LogP contribution in [0.1, 0.15) is 11.7 Å². The minimum Gasteiger partial charge on any atom is -0.399 e. The fourth-order valence-corrected chi connectivity index (χ4v) is 2.83. The molecule has 3 nitrogen and oxygen atoms in total. The van der Waals surface area contributed by atoms with Gasteiger partial charge in [0.05, 0.1) is 6.10 Å². The molecular weight excluding hydrogens is 220 g/mol. The lowest BCUT2D eigenvalue weighted by Gasteiger charge is -2.28. The molecule has 0 aliphatic carbocycles. The molecule has 1 aliphatic rings. The van der Waals surface area contributed by atoms with E-state index in [4.69, 9.17) is 5.73 Å². The predicted octanol–water partition coefficient (Wildman–Crippen LogP) is 1.35. The van der Waals surface area contributed by atoms with Gasteiger partial charge in [0.2, 0.25) is 0 Å². The number of anilines is 1. The fourth-order valence-electron chi connectivity index (χ4n) is 1.85. The van der Waals surface area contributed by atoms with Crippen molar-refractivity contribution >= 4 is 17.4 Å². The van der Waals surface area contributed by atoms with Gasteiger partial charge >= 0.3 is 0 Å². The van der Waals surface area contributed by atoms with E-state index in [1.165, 1.54) is 11.5 Å². The third-order valence-corrected chi connectivity index (χ3v) is 3.80. The van der Waals surface area contributed by atoms with E-state index in [1.807, 2.05) is 36.0 Å². The first-order valence-corrected chi connectivity index (χ1v) is 6.75. The van der Waals surface area contributed by atoms with Crippen molar-refractivity contribution in [2.45, 2.75) is 6.10 Å². The standard InChI is InChI=1S/C12H18N2OS/c13-11-3-1-10(2-4-11)12(15)9-14-5-7-16-8-6-14/h1-4,12,15H,5-9,13H2. The van der Waals surface area contributed by atoms with Gasteiger partial charge in [-0.15, -0.1) is 0 Å². The molecule has 0 radical (unpaired) electrons. The first kappa shape index (κ1) is 11.8. The van der Waals surface area contributed by atoms with Crippen LogP contribution in [-0.4, -0.2) is 41.1 Å². The van der Waals surface area contributed by atoms with Gasteiger partial charge in [0.25, 0.3) is 0 Å². The molecule has 1 fully saturated rings. The molecule has 1 saturated heterocycles. The van der Waals surface area contributed by atoms with Crippen LogP contribution < -0.4 is 5.73 Å². The smallest absolute Gasteiger partial charge is 0.0916 e. The number of hydrogen-bond acceptors (Lipinski definition) is 4. The summed E-state index contributed by atoms with van der Waals surface area (Å²) in [6.45, 7) is 2.89. The summed E-state index contributed by atoms with van der Waals surface area (Å²) in [6, 6.07) is 7.48. The van der Waals surface area contributed by atoms with Gasteiger partial charge in [-0.2, -0.15) is 11.8 Å². The van der Waals surface area contributed by atoms with Crippen molar-refractivity contribution in [1.29, 1.82) is 0 Å². The number of aliphatic hydroxyl groups is 1. The van der Waals surface area contributed by atoms with E-state index in [2.05, 4.69) is 4.90 Å². The van der Waals surface area contributed by atoms with Gasteiger partial charge < -0.3 is 10.8 Å². The van der Waals surface area contributed by atoms with E-state index in [0.717, 1.165) is 30.9 Å². The molecule has 0 aromatic heterocycles. The average Bonchev–Trinajstić information content (AvgIpc) is 2.31. The largest absolute Gasteiger partial charge is 0.399 e. The lowest BCUT2D eigenvalue weighted by atomic mass is 10.1. The number of nitrogens with two attached hydrogens (primary N) is 1. The van der Waals surface area contributed by atoms with Crippen LogP contribution in [0.4, 0.5) is 5.69 Å². The molecule has 1 atom stereocenters. The van der Waals surface area contributed by atoms with Crippen molar-refractivity contribution in [3.63, 3.8) is 0 Å². The van der Waals surface area contributed by atoms with Crippen LogP contribution >= 0.6 is 11.8 Å². The van der Waals surface area contributed by atoms with Crippen molar-refractivity contribution in [1.82, 2.24) is 4.90 Å². The second-order valence-electron chi connectivity index (χ2n) is 4.10. The number of aliphatic hydroxyl groups excluding tert-OH is 1. The molecule has 1 aromatic carbocycles. The summed E-state index contributed by atoms with van der Waals surface area (Å²) < 4.78 is 0. The van der Waals surface area contributed by atoms with Crippen LogP contribution in [0.2, 0.25) is 0 Å². The van der Waals surface area contributed by atoms with E-state index < -0.39 is 6.10 Å². The summed E-state index contributed by atoms with van der Waals surface area (Å²) >= 11 is 1.98. The molecule has 0 saturated carbocycles.